The number of benzene rings is 1. The van der Waals surface area contributed by atoms with Gasteiger partial charge in [0.1, 0.15) is 11.8 Å². The van der Waals surface area contributed by atoms with Gasteiger partial charge in [-0.15, -0.1) is 0 Å². The largest absolute Gasteiger partial charge is 0.467 e. The molecule has 18 heavy (non-hydrogen) atoms. The Morgan fingerprint density at radius 2 is 2.00 bits per heavy atom. The van der Waals surface area contributed by atoms with E-state index < -0.39 is 0 Å². The van der Waals surface area contributed by atoms with Crippen LogP contribution in [-0.2, 0) is 0 Å². The molecule has 3 aromatic rings. The zero-order valence-electron chi connectivity index (χ0n) is 10.1. The fourth-order valence-corrected chi connectivity index (χ4v) is 2.15. The van der Waals surface area contributed by atoms with E-state index in [0.29, 0.717) is 0 Å². The topological polar surface area (TPSA) is 52.0 Å². The van der Waals surface area contributed by atoms with Crippen LogP contribution in [0.15, 0.2) is 53.1 Å². The van der Waals surface area contributed by atoms with E-state index in [-0.39, 0.29) is 6.04 Å². The average molecular weight is 238 g/mol. The van der Waals surface area contributed by atoms with E-state index in [1.165, 1.54) is 5.56 Å². The van der Waals surface area contributed by atoms with Crippen LogP contribution in [0.3, 0.4) is 0 Å². The minimum absolute atomic E-state index is 0.316. The number of rotatable bonds is 2. The third-order valence-electron chi connectivity index (χ3n) is 3.11. The molecule has 3 rings (SSSR count). The van der Waals surface area contributed by atoms with E-state index in [1.54, 1.807) is 6.26 Å². The van der Waals surface area contributed by atoms with Gasteiger partial charge in [0, 0.05) is 5.39 Å². The molecule has 0 amide bonds. The average Bonchev–Trinajstić information content (AvgIpc) is 2.91. The Morgan fingerprint density at radius 3 is 2.78 bits per heavy atom. The fourth-order valence-electron chi connectivity index (χ4n) is 2.15. The van der Waals surface area contributed by atoms with Gasteiger partial charge in [0.15, 0.2) is 0 Å². The van der Waals surface area contributed by atoms with Crippen LogP contribution in [0.4, 0.5) is 0 Å². The number of nitrogens with two attached hydrogens (primary N) is 1. The number of fused-ring (bicyclic) bond motifs is 1. The molecule has 3 nitrogen and oxygen atoms in total. The summed E-state index contributed by atoms with van der Waals surface area (Å²) in [6, 6.07) is 13.5. The van der Waals surface area contributed by atoms with E-state index in [0.717, 1.165) is 22.4 Å². The smallest absolute Gasteiger partial charge is 0.126 e. The van der Waals surface area contributed by atoms with E-state index in [2.05, 4.69) is 18.0 Å². The monoisotopic (exact) mass is 238 g/mol. The van der Waals surface area contributed by atoms with Crippen molar-refractivity contribution in [3.05, 3.63) is 65.7 Å². The molecule has 0 radical (unpaired) electrons. The molecule has 0 aliphatic rings. The van der Waals surface area contributed by atoms with Crippen molar-refractivity contribution in [3.8, 4) is 0 Å². The highest BCUT2D eigenvalue weighted by Gasteiger charge is 2.14. The molecule has 2 aromatic heterocycles. The molecular weight excluding hydrogens is 224 g/mol. The maximum absolute atomic E-state index is 6.16. The minimum Gasteiger partial charge on any atom is -0.467 e. The Hall–Kier alpha value is -2.13. The van der Waals surface area contributed by atoms with Crippen LogP contribution in [-0.4, -0.2) is 4.98 Å². The first kappa shape index (κ1) is 11.0. The summed E-state index contributed by atoms with van der Waals surface area (Å²) < 4.78 is 5.34. The molecule has 0 aliphatic heterocycles. The Balaban J connectivity index is 2.13. The maximum Gasteiger partial charge on any atom is 0.126 e. The van der Waals surface area contributed by atoms with E-state index in [4.69, 9.17) is 10.2 Å². The van der Waals surface area contributed by atoms with Crippen molar-refractivity contribution in [3.63, 3.8) is 0 Å². The van der Waals surface area contributed by atoms with E-state index >= 15 is 0 Å². The zero-order chi connectivity index (χ0) is 12.5. The lowest BCUT2D eigenvalue weighted by Crippen LogP contribution is -2.13. The number of hydrogen-bond acceptors (Lipinski definition) is 3. The molecule has 0 spiro atoms. The summed E-state index contributed by atoms with van der Waals surface area (Å²) in [5.74, 6) is 0.734. The Morgan fingerprint density at radius 1 is 1.17 bits per heavy atom. The lowest BCUT2D eigenvalue weighted by Gasteiger charge is -2.11. The fraction of sp³-hybridized carbons (Fsp3) is 0.133. The minimum atomic E-state index is -0.316. The second-order valence-corrected chi connectivity index (χ2v) is 4.37. The standard InChI is InChI=1S/C15H14N2O/c1-10-9-13(15(16)14-7-4-8-18-14)17-12-6-3-2-5-11(10)12/h2-9,15H,16H2,1H3. The highest BCUT2D eigenvalue weighted by atomic mass is 16.3. The summed E-state index contributed by atoms with van der Waals surface area (Å²) in [5.41, 5.74) is 9.14. The van der Waals surface area contributed by atoms with Crippen molar-refractivity contribution in [2.75, 3.05) is 0 Å². The van der Waals surface area contributed by atoms with Crippen molar-refractivity contribution in [1.82, 2.24) is 4.98 Å². The van der Waals surface area contributed by atoms with Gasteiger partial charge >= 0.3 is 0 Å². The van der Waals surface area contributed by atoms with Gasteiger partial charge < -0.3 is 10.2 Å². The molecule has 1 aromatic carbocycles. The van der Waals surface area contributed by atoms with Crippen LogP contribution in [0.2, 0.25) is 0 Å². The third-order valence-corrected chi connectivity index (χ3v) is 3.11. The lowest BCUT2D eigenvalue weighted by atomic mass is 10.1. The normalized spacial score (nSPS) is 12.8. The zero-order valence-corrected chi connectivity index (χ0v) is 10.1. The first-order valence-corrected chi connectivity index (χ1v) is 5.91. The summed E-state index contributed by atoms with van der Waals surface area (Å²) in [4.78, 5) is 4.61. The summed E-state index contributed by atoms with van der Waals surface area (Å²) in [6.07, 6.45) is 1.63. The van der Waals surface area contributed by atoms with Crippen LogP contribution in [0.25, 0.3) is 10.9 Å². The number of pyridine rings is 1. The first-order chi connectivity index (χ1) is 8.75. The van der Waals surface area contributed by atoms with Gasteiger partial charge in [0.25, 0.3) is 0 Å². The van der Waals surface area contributed by atoms with Gasteiger partial charge in [0.05, 0.1) is 17.5 Å². The van der Waals surface area contributed by atoms with Crippen molar-refractivity contribution >= 4 is 10.9 Å². The summed E-state index contributed by atoms with van der Waals surface area (Å²) >= 11 is 0. The van der Waals surface area contributed by atoms with Crippen LogP contribution in [0, 0.1) is 6.92 Å². The van der Waals surface area contributed by atoms with Crippen LogP contribution < -0.4 is 5.73 Å². The molecule has 0 fully saturated rings. The molecule has 0 bridgehead atoms. The van der Waals surface area contributed by atoms with E-state index in [1.807, 2.05) is 36.4 Å². The third kappa shape index (κ3) is 1.79. The molecule has 0 saturated carbocycles. The van der Waals surface area contributed by atoms with Gasteiger partial charge in [-0.1, -0.05) is 18.2 Å². The second-order valence-electron chi connectivity index (χ2n) is 4.37. The Labute approximate surface area is 105 Å². The number of furan rings is 1. The highest BCUT2D eigenvalue weighted by molar-refractivity contribution is 5.82. The predicted molar refractivity (Wildman–Crippen MR) is 71.2 cm³/mol. The summed E-state index contributed by atoms with van der Waals surface area (Å²) in [6.45, 7) is 2.07. The van der Waals surface area contributed by atoms with Crippen molar-refractivity contribution in [2.24, 2.45) is 5.73 Å². The summed E-state index contributed by atoms with van der Waals surface area (Å²) in [5, 5.41) is 1.16. The maximum atomic E-state index is 6.16. The van der Waals surface area contributed by atoms with Gasteiger partial charge in [-0.25, -0.2) is 0 Å². The molecule has 1 unspecified atom stereocenters. The SMILES string of the molecule is Cc1cc(C(N)c2ccco2)nc2ccccc12. The van der Waals surface area contributed by atoms with Crippen LogP contribution >= 0.6 is 0 Å². The van der Waals surface area contributed by atoms with Crippen molar-refractivity contribution in [2.45, 2.75) is 13.0 Å². The molecule has 0 saturated heterocycles. The molecule has 1 atom stereocenters. The number of hydrogen-bond donors (Lipinski definition) is 1. The number of aromatic nitrogens is 1. The Bertz CT molecular complexity index is 674. The molecule has 2 heterocycles. The van der Waals surface area contributed by atoms with Crippen LogP contribution in [0.1, 0.15) is 23.1 Å². The second kappa shape index (κ2) is 4.27. The van der Waals surface area contributed by atoms with Gasteiger partial charge in [-0.3, -0.25) is 4.98 Å². The lowest BCUT2D eigenvalue weighted by molar-refractivity contribution is 0.487. The molecule has 90 valence electrons. The molecular formula is C15H14N2O. The quantitative estimate of drug-likeness (QED) is 0.746. The highest BCUT2D eigenvalue weighted by Crippen LogP contribution is 2.23. The molecule has 0 aliphatic carbocycles. The predicted octanol–water partition coefficient (Wildman–Crippen LogP) is 3.18. The number of nitrogens with zero attached hydrogens (tertiary/aromatic N) is 1. The van der Waals surface area contributed by atoms with Crippen molar-refractivity contribution < 1.29 is 4.42 Å². The molecule has 2 N–H and O–H groups in total. The van der Waals surface area contributed by atoms with Gasteiger partial charge in [0.2, 0.25) is 0 Å². The Kier molecular flexibility index (Phi) is 2.61. The van der Waals surface area contributed by atoms with Gasteiger partial charge in [-0.05, 0) is 36.8 Å². The number of para-hydroxylation sites is 1. The van der Waals surface area contributed by atoms with E-state index in [9.17, 15) is 0 Å². The first-order valence-electron chi connectivity index (χ1n) is 5.91. The summed E-state index contributed by atoms with van der Waals surface area (Å²) in [7, 11) is 0. The van der Waals surface area contributed by atoms with Crippen molar-refractivity contribution in [1.29, 1.82) is 0 Å². The molecule has 3 heteroatoms. The van der Waals surface area contributed by atoms with Crippen LogP contribution in [0.5, 0.6) is 0 Å². The number of aryl methyl sites for hydroxylation is 1. The van der Waals surface area contributed by atoms with Gasteiger partial charge in [-0.2, -0.15) is 0 Å².